The molecule has 0 aliphatic heterocycles. The van der Waals surface area contributed by atoms with Crippen LogP contribution < -0.4 is 0 Å². The summed E-state index contributed by atoms with van der Waals surface area (Å²) >= 11 is 2.73. The van der Waals surface area contributed by atoms with Crippen molar-refractivity contribution < 1.29 is 47.2 Å². The summed E-state index contributed by atoms with van der Waals surface area (Å²) in [5.74, 6) is 0. The monoisotopic (exact) mass is 219 g/mol. The number of nitro groups is 1. The van der Waals surface area contributed by atoms with Crippen LogP contribution in [0.4, 0.5) is 0 Å². The summed E-state index contributed by atoms with van der Waals surface area (Å²) in [6, 6.07) is 0. The van der Waals surface area contributed by atoms with Gasteiger partial charge in [-0.25, -0.2) is 0 Å². The first-order valence-electron chi connectivity index (χ1n) is 0.514. The van der Waals surface area contributed by atoms with E-state index >= 15 is 0 Å². The average Bonchev–Trinajstić information content (AvgIpc) is 0.811. The van der Waals surface area contributed by atoms with E-state index in [9.17, 15) is 0 Å². The molecule has 0 radical (unpaired) electrons. The molecule has 0 aliphatic carbocycles. The van der Waals surface area contributed by atoms with E-state index in [-0.39, 0.29) is 27.3 Å². The summed E-state index contributed by atoms with van der Waals surface area (Å²) in [6.45, 7) is 0. The quantitative estimate of drug-likeness (QED) is 0.318. The van der Waals surface area contributed by atoms with Gasteiger partial charge in [-0.3, -0.25) is 0 Å². The van der Waals surface area contributed by atoms with Gasteiger partial charge in [-0.2, -0.15) is 0 Å². The summed E-state index contributed by atoms with van der Waals surface area (Å²) in [7, 11) is 0. The number of nitrogens with zero attached hydrogens (tertiary/aromatic N) is 1. The Hall–Kier alpha value is 0.829. The fraction of sp³-hybridized carbons (Fsp3) is 0. The number of hydrogen-bond donors (Lipinski definition) is 0. The fourth-order valence-electron chi connectivity index (χ4n) is 0. The first kappa shape index (κ1) is 9.27. The van der Waals surface area contributed by atoms with Gasteiger partial charge in [-0.05, 0) is 0 Å². The molecular formula is CdCoNO2. The van der Waals surface area contributed by atoms with Crippen molar-refractivity contribution in [1.29, 1.82) is 0 Å². The molecule has 0 heterocycles. The third kappa shape index (κ3) is 56.3. The maximum atomic E-state index is 8.67. The largest absolute Gasteiger partial charge is 2.00 e. The zero-order valence-corrected chi connectivity index (χ0v) is 7.38. The van der Waals surface area contributed by atoms with Crippen LogP contribution in [0.15, 0.2) is 0 Å². The molecule has 0 aromatic heterocycles. The van der Waals surface area contributed by atoms with Gasteiger partial charge in [0.05, 0.1) is 0 Å². The van der Waals surface area contributed by atoms with Crippen LogP contribution in [0.5, 0.6) is 0 Å². The fourth-order valence-corrected chi connectivity index (χ4v) is 0. The second-order valence-corrected chi connectivity index (χ2v) is 0.576. The van der Waals surface area contributed by atoms with E-state index in [0.717, 1.165) is 0 Å². The van der Waals surface area contributed by atoms with Gasteiger partial charge in [0, 0.05) is 0 Å². The second-order valence-electron chi connectivity index (χ2n) is 0.196. The normalized spacial score (nSPS) is 5.20. The van der Waals surface area contributed by atoms with E-state index in [2.05, 4.69) is 16.0 Å². The van der Waals surface area contributed by atoms with Crippen LogP contribution in [0.1, 0.15) is 0 Å². The molecule has 0 amide bonds. The van der Waals surface area contributed by atoms with E-state index in [1.807, 2.05) is 0 Å². The molecule has 28 valence electrons. The molecule has 0 aromatic carbocycles. The molecule has 0 aromatic rings. The van der Waals surface area contributed by atoms with E-state index in [1.165, 1.54) is 0 Å². The predicted octanol–water partition coefficient (Wildman–Crippen LogP) is -0.278. The number of hydrogen-bond acceptors (Lipinski definition) is 2. The van der Waals surface area contributed by atoms with Crippen molar-refractivity contribution in [3.63, 3.8) is 0 Å². The van der Waals surface area contributed by atoms with Gasteiger partial charge in [-0.1, -0.05) is 0 Å². The Morgan fingerprint density at radius 1 is 1.80 bits per heavy atom. The minimum atomic E-state index is -0.812. The number of rotatable bonds is 0. The summed E-state index contributed by atoms with van der Waals surface area (Å²) < 4.78 is -0.812. The molecule has 0 saturated heterocycles. The molecule has 0 atom stereocenters. The van der Waals surface area contributed by atoms with Gasteiger partial charge in [0.15, 0.2) is 0 Å². The molecule has 0 spiro atoms. The van der Waals surface area contributed by atoms with Crippen LogP contribution >= 0.6 is 0 Å². The van der Waals surface area contributed by atoms with Crippen LogP contribution in [-0.4, -0.2) is 3.97 Å². The molecule has 0 aliphatic rings. The van der Waals surface area contributed by atoms with Crippen LogP contribution in [0.25, 0.3) is 0 Å². The molecule has 3 nitrogen and oxygen atoms in total. The summed E-state index contributed by atoms with van der Waals surface area (Å²) in [5, 5.41) is 8.67. The molecule has 5 heavy (non-hydrogen) atoms. The maximum Gasteiger partial charge on any atom is 2.00 e. The van der Waals surface area contributed by atoms with E-state index in [1.54, 1.807) is 0 Å². The Morgan fingerprint density at radius 3 is 1.80 bits per heavy atom. The predicted molar refractivity (Wildman–Crippen MR) is 6.99 cm³/mol. The molecule has 0 rings (SSSR count). The smallest absolute Gasteiger partial charge is 2.00 e. The van der Waals surface area contributed by atoms with Crippen LogP contribution in [0, 0.1) is 10.1 Å². The minimum absolute atomic E-state index is 0. The standard InChI is InChI=1S/Cd.Co.NO2/c;;2-1-3/q+2;-2;. The molecule has 0 unspecified atom stereocenters. The molecular weight excluding hydrogens is 217 g/mol. The van der Waals surface area contributed by atoms with Gasteiger partial charge in [-0.15, -0.1) is 0 Å². The summed E-state index contributed by atoms with van der Waals surface area (Å²) in [6.07, 6.45) is 0. The van der Waals surface area contributed by atoms with Crippen molar-refractivity contribution in [1.82, 2.24) is 0 Å². The first-order chi connectivity index (χ1) is 1.73. The van der Waals surface area contributed by atoms with Crippen molar-refractivity contribution in [3.8, 4) is 0 Å². The van der Waals surface area contributed by atoms with Crippen molar-refractivity contribution in [3.05, 3.63) is 10.1 Å². The first-order valence-corrected chi connectivity index (χ1v) is 0.980. The van der Waals surface area contributed by atoms with Crippen LogP contribution in [0.3, 0.4) is 0 Å². The molecule has 0 saturated carbocycles. The van der Waals surface area contributed by atoms with Crippen molar-refractivity contribution in [2.75, 3.05) is 0 Å². The zero-order chi connectivity index (χ0) is 3.58. The Kier molecular flexibility index (Phi) is 8.95. The van der Waals surface area contributed by atoms with Gasteiger partial charge in [0.25, 0.3) is 0 Å². The molecule has 5 heteroatoms. The summed E-state index contributed by atoms with van der Waals surface area (Å²) in [4.78, 5) is 8.67. The zero-order valence-electron chi connectivity index (χ0n) is 2.30. The molecule has 0 bridgehead atoms. The van der Waals surface area contributed by atoms with Gasteiger partial charge >= 0.3 is 57.3 Å². The third-order valence-corrected chi connectivity index (χ3v) is 0. The molecule has 0 N–H and O–H groups in total. The average molecular weight is 217 g/mol. The second kappa shape index (κ2) is 4.83. The SMILES string of the molecule is O=[N+]([O-])[Co-2].[Cd+2]. The van der Waals surface area contributed by atoms with E-state index < -0.39 is 3.97 Å². The van der Waals surface area contributed by atoms with Gasteiger partial charge in [0.1, 0.15) is 0 Å². The maximum absolute atomic E-state index is 8.67. The molecule has 0 fully saturated rings. The van der Waals surface area contributed by atoms with E-state index in [4.69, 9.17) is 10.1 Å². The summed E-state index contributed by atoms with van der Waals surface area (Å²) in [5.41, 5.74) is 0. The van der Waals surface area contributed by atoms with Crippen molar-refractivity contribution in [2.24, 2.45) is 0 Å². The van der Waals surface area contributed by atoms with Gasteiger partial charge in [0.2, 0.25) is 0 Å². The minimum Gasteiger partial charge on any atom is 2.00 e. The van der Waals surface area contributed by atoms with Crippen molar-refractivity contribution in [2.45, 2.75) is 0 Å². The van der Waals surface area contributed by atoms with Crippen LogP contribution in [0.2, 0.25) is 0 Å². The Labute approximate surface area is 57.2 Å². The Bertz CT molecular complexity index is 32.6. The van der Waals surface area contributed by atoms with Gasteiger partial charge < -0.3 is 0 Å². The third-order valence-electron chi connectivity index (χ3n) is 0. The Balaban J connectivity index is 0. The van der Waals surface area contributed by atoms with E-state index in [0.29, 0.717) is 0 Å². The topological polar surface area (TPSA) is 43.1 Å². The Morgan fingerprint density at radius 2 is 1.80 bits per heavy atom. The van der Waals surface area contributed by atoms with Crippen LogP contribution in [-0.2, 0) is 43.3 Å². The van der Waals surface area contributed by atoms with Crippen molar-refractivity contribution >= 4 is 0 Å².